The lowest BCUT2D eigenvalue weighted by molar-refractivity contribution is 0.324. The zero-order valence-corrected chi connectivity index (χ0v) is 21.1. The van der Waals surface area contributed by atoms with Gasteiger partial charge < -0.3 is 24.8 Å². The van der Waals surface area contributed by atoms with Crippen molar-refractivity contribution in [3.8, 4) is 17.2 Å². The molecule has 0 fully saturated rings. The van der Waals surface area contributed by atoms with Gasteiger partial charge in [-0.2, -0.15) is 4.98 Å². The molecular formula is C21H24BrN5O5S. The number of benzene rings is 2. The molecule has 2 aromatic carbocycles. The maximum Gasteiger partial charge on any atom is 0.229 e. The predicted octanol–water partition coefficient (Wildman–Crippen LogP) is 4.43. The first-order valence-electron chi connectivity index (χ1n) is 9.58. The topological polar surface area (TPSA) is 124 Å². The van der Waals surface area contributed by atoms with Crippen LogP contribution in [-0.4, -0.2) is 46.0 Å². The largest absolute Gasteiger partial charge is 0.493 e. The van der Waals surface area contributed by atoms with Gasteiger partial charge in [-0.1, -0.05) is 6.07 Å². The Kier molecular flexibility index (Phi) is 7.49. The summed E-state index contributed by atoms with van der Waals surface area (Å²) in [4.78, 5) is 8.80. The molecule has 0 aliphatic carbocycles. The molecule has 1 aromatic heterocycles. The van der Waals surface area contributed by atoms with Gasteiger partial charge in [0.25, 0.3) is 0 Å². The molecule has 0 saturated heterocycles. The predicted molar refractivity (Wildman–Crippen MR) is 132 cm³/mol. The third kappa shape index (κ3) is 6.17. The van der Waals surface area contributed by atoms with Crippen LogP contribution in [0, 0.1) is 6.92 Å². The number of anilines is 5. The van der Waals surface area contributed by atoms with E-state index >= 15 is 0 Å². The van der Waals surface area contributed by atoms with Crippen LogP contribution in [0.1, 0.15) is 5.56 Å². The zero-order chi connectivity index (χ0) is 24.2. The molecule has 1 heterocycles. The van der Waals surface area contributed by atoms with E-state index in [1.165, 1.54) is 21.3 Å². The smallest absolute Gasteiger partial charge is 0.229 e. The Labute approximate surface area is 200 Å². The van der Waals surface area contributed by atoms with Crippen molar-refractivity contribution in [2.45, 2.75) is 6.92 Å². The molecule has 0 aliphatic heterocycles. The number of hydrogen-bond acceptors (Lipinski definition) is 9. The number of nitrogens with one attached hydrogen (secondary N) is 3. The van der Waals surface area contributed by atoms with Crippen molar-refractivity contribution >= 4 is 54.8 Å². The molecule has 0 bridgehead atoms. The van der Waals surface area contributed by atoms with E-state index in [2.05, 4.69) is 41.3 Å². The van der Waals surface area contributed by atoms with Gasteiger partial charge in [0.1, 0.15) is 5.82 Å². The molecule has 3 N–H and O–H groups in total. The van der Waals surface area contributed by atoms with E-state index in [9.17, 15) is 8.42 Å². The third-order valence-corrected chi connectivity index (χ3v) is 5.56. The number of rotatable bonds is 9. The van der Waals surface area contributed by atoms with Gasteiger partial charge >= 0.3 is 0 Å². The highest BCUT2D eigenvalue weighted by molar-refractivity contribution is 9.10. The van der Waals surface area contributed by atoms with Crippen molar-refractivity contribution < 1.29 is 22.6 Å². The van der Waals surface area contributed by atoms with Crippen molar-refractivity contribution in [3.05, 3.63) is 46.6 Å². The minimum absolute atomic E-state index is 0.291. The third-order valence-electron chi connectivity index (χ3n) is 4.39. The van der Waals surface area contributed by atoms with Crippen LogP contribution < -0.4 is 29.6 Å². The van der Waals surface area contributed by atoms with Crippen LogP contribution in [0.4, 0.5) is 28.8 Å². The number of aromatic nitrogens is 2. The Hall–Kier alpha value is -3.25. The Morgan fingerprint density at radius 3 is 2.18 bits per heavy atom. The van der Waals surface area contributed by atoms with Gasteiger partial charge in [-0.05, 0) is 40.5 Å². The molecule has 0 radical (unpaired) electrons. The molecule has 0 unspecified atom stereocenters. The highest BCUT2D eigenvalue weighted by atomic mass is 79.9. The van der Waals surface area contributed by atoms with Crippen LogP contribution in [0.15, 0.2) is 41.0 Å². The van der Waals surface area contributed by atoms with Gasteiger partial charge in [0, 0.05) is 24.0 Å². The summed E-state index contributed by atoms with van der Waals surface area (Å²) in [6.45, 7) is 1.87. The Morgan fingerprint density at radius 1 is 0.939 bits per heavy atom. The van der Waals surface area contributed by atoms with Crippen molar-refractivity contribution in [2.75, 3.05) is 42.9 Å². The maximum atomic E-state index is 11.8. The lowest BCUT2D eigenvalue weighted by Crippen LogP contribution is -2.11. The summed E-state index contributed by atoms with van der Waals surface area (Å²) < 4.78 is 42.8. The van der Waals surface area contributed by atoms with E-state index < -0.39 is 10.0 Å². The number of hydrogen-bond donors (Lipinski definition) is 3. The summed E-state index contributed by atoms with van der Waals surface area (Å²) in [7, 11) is 1.12. The van der Waals surface area contributed by atoms with E-state index in [1.54, 1.807) is 30.5 Å². The van der Waals surface area contributed by atoms with Crippen molar-refractivity contribution in [2.24, 2.45) is 0 Å². The molecule has 12 heteroatoms. The minimum Gasteiger partial charge on any atom is -0.493 e. The first kappa shape index (κ1) is 24.4. The minimum atomic E-state index is -3.47. The van der Waals surface area contributed by atoms with E-state index in [-0.39, 0.29) is 0 Å². The quantitative estimate of drug-likeness (QED) is 0.363. The van der Waals surface area contributed by atoms with Crippen LogP contribution in [0.2, 0.25) is 0 Å². The molecule has 0 amide bonds. The van der Waals surface area contributed by atoms with Gasteiger partial charge in [0.15, 0.2) is 11.5 Å². The lowest BCUT2D eigenvalue weighted by atomic mass is 10.2. The molecule has 0 atom stereocenters. The molecule has 10 nitrogen and oxygen atoms in total. The second-order valence-corrected chi connectivity index (χ2v) is 9.58. The summed E-state index contributed by atoms with van der Waals surface area (Å²) in [5.41, 5.74) is 2.46. The second kappa shape index (κ2) is 10.1. The molecule has 3 aromatic rings. The second-order valence-electron chi connectivity index (χ2n) is 6.98. The van der Waals surface area contributed by atoms with Gasteiger partial charge in [-0.25, -0.2) is 13.4 Å². The van der Waals surface area contributed by atoms with Crippen molar-refractivity contribution in [3.63, 3.8) is 0 Å². The van der Waals surface area contributed by atoms with Gasteiger partial charge in [0.2, 0.25) is 21.7 Å². The van der Waals surface area contributed by atoms with Crippen LogP contribution in [0.25, 0.3) is 0 Å². The normalized spacial score (nSPS) is 11.0. The highest BCUT2D eigenvalue weighted by Crippen LogP contribution is 2.40. The molecule has 176 valence electrons. The van der Waals surface area contributed by atoms with Gasteiger partial charge in [0.05, 0.1) is 43.4 Å². The number of nitrogens with zero attached hydrogens (tertiary/aromatic N) is 2. The van der Waals surface area contributed by atoms with Crippen LogP contribution in [0.5, 0.6) is 17.2 Å². The fraction of sp³-hybridized carbons (Fsp3) is 0.238. The molecule has 33 heavy (non-hydrogen) atoms. The van der Waals surface area contributed by atoms with Crippen LogP contribution >= 0.6 is 15.9 Å². The van der Waals surface area contributed by atoms with Crippen LogP contribution in [0.3, 0.4) is 0 Å². The molecule has 0 saturated carbocycles. The zero-order valence-electron chi connectivity index (χ0n) is 18.7. The van der Waals surface area contributed by atoms with E-state index in [4.69, 9.17) is 14.2 Å². The Bertz CT molecular complexity index is 1240. The van der Waals surface area contributed by atoms with Crippen molar-refractivity contribution in [1.82, 2.24) is 9.97 Å². The molecule has 0 aliphatic rings. The average Bonchev–Trinajstić information content (AvgIpc) is 2.76. The SMILES string of the molecule is COc1cc(Nc2ncc(Br)c(Nc3ccc(C)cc3NS(C)(=O)=O)n2)cc(OC)c1OC. The average molecular weight is 538 g/mol. The monoisotopic (exact) mass is 537 g/mol. The fourth-order valence-corrected chi connectivity index (χ4v) is 3.83. The maximum absolute atomic E-state index is 11.8. The number of aryl methyl sites for hydroxylation is 1. The van der Waals surface area contributed by atoms with Gasteiger partial charge in [-0.15, -0.1) is 0 Å². The standard InChI is InChI=1S/C21H24BrN5O5S/c1-12-6-7-15(16(8-12)27-33(5,28)29)25-20-14(22)11-23-21(26-20)24-13-9-17(30-2)19(32-4)18(10-13)31-3/h6-11,27H,1-5H3,(H2,23,24,25,26). The summed E-state index contributed by atoms with van der Waals surface area (Å²) in [5.74, 6) is 2.15. The van der Waals surface area contributed by atoms with E-state index in [0.29, 0.717) is 50.5 Å². The molecule has 0 spiro atoms. The molecule has 3 rings (SSSR count). The first-order chi connectivity index (χ1) is 15.6. The summed E-state index contributed by atoms with van der Waals surface area (Å²) >= 11 is 3.43. The van der Waals surface area contributed by atoms with Gasteiger partial charge in [-0.3, -0.25) is 4.72 Å². The Balaban J connectivity index is 1.93. The number of ether oxygens (including phenoxy) is 3. The summed E-state index contributed by atoms with van der Waals surface area (Å²) in [6.07, 6.45) is 2.67. The fourth-order valence-electron chi connectivity index (χ4n) is 2.98. The highest BCUT2D eigenvalue weighted by Gasteiger charge is 2.15. The van der Waals surface area contributed by atoms with Crippen molar-refractivity contribution in [1.29, 1.82) is 0 Å². The summed E-state index contributed by atoms with van der Waals surface area (Å²) in [6, 6.07) is 8.82. The van der Waals surface area contributed by atoms with Crippen LogP contribution in [-0.2, 0) is 10.0 Å². The summed E-state index contributed by atoms with van der Waals surface area (Å²) in [5, 5.41) is 6.26. The van der Waals surface area contributed by atoms with E-state index in [0.717, 1.165) is 11.8 Å². The number of sulfonamides is 1. The number of methoxy groups -OCH3 is 3. The first-order valence-corrected chi connectivity index (χ1v) is 12.3. The lowest BCUT2D eigenvalue weighted by Gasteiger charge is -2.16. The van der Waals surface area contributed by atoms with E-state index in [1.807, 2.05) is 13.0 Å². The molecular weight excluding hydrogens is 514 g/mol. The Morgan fingerprint density at radius 2 is 1.61 bits per heavy atom. The number of halogens is 1.